The molecule has 150 valence electrons. The maximum atomic E-state index is 12.3. The van der Waals surface area contributed by atoms with E-state index >= 15 is 0 Å². The Bertz CT molecular complexity index is 638. The average Bonchev–Trinajstić information content (AvgIpc) is 2.58. The fourth-order valence-electron chi connectivity index (χ4n) is 2.25. The molecule has 0 heterocycles. The van der Waals surface area contributed by atoms with E-state index in [1.807, 2.05) is 6.92 Å². The van der Waals surface area contributed by atoms with E-state index in [-0.39, 0.29) is 54.7 Å². The van der Waals surface area contributed by atoms with Gasteiger partial charge < -0.3 is 24.7 Å². The van der Waals surface area contributed by atoms with Crippen molar-refractivity contribution in [1.82, 2.24) is 5.32 Å². The molecule has 28 heavy (non-hydrogen) atoms. The Morgan fingerprint density at radius 1 is 1.11 bits per heavy atom. The molecule has 0 radical (unpaired) electrons. The van der Waals surface area contributed by atoms with Gasteiger partial charge in [-0.05, 0) is 37.0 Å². The van der Waals surface area contributed by atoms with Crippen molar-refractivity contribution in [3.05, 3.63) is 34.9 Å². The van der Waals surface area contributed by atoms with Crippen molar-refractivity contribution < 1.29 is 58.5 Å². The second kappa shape index (κ2) is 13.8. The van der Waals surface area contributed by atoms with Gasteiger partial charge in [0.1, 0.15) is 0 Å². The van der Waals surface area contributed by atoms with Crippen LogP contribution in [-0.2, 0) is 19.1 Å². The van der Waals surface area contributed by atoms with Crippen LogP contribution in [0.2, 0.25) is 5.02 Å². The molecular weight excluding hydrogens is 397 g/mol. The molecule has 2 atom stereocenters. The Labute approximate surface area is 192 Å². The molecule has 0 spiro atoms. The molecule has 0 aromatic heterocycles. The number of nitrogens with one attached hydrogen (secondary N) is 1. The number of halogens is 1. The third kappa shape index (κ3) is 10.3. The van der Waals surface area contributed by atoms with E-state index in [1.165, 1.54) is 0 Å². The number of aliphatic carboxylic acids is 1. The van der Waals surface area contributed by atoms with Gasteiger partial charge in [-0.2, -0.15) is 0 Å². The number of benzene rings is 1. The molecule has 7 nitrogen and oxygen atoms in total. The van der Waals surface area contributed by atoms with Crippen molar-refractivity contribution in [2.24, 2.45) is 5.92 Å². The summed E-state index contributed by atoms with van der Waals surface area (Å²) in [4.78, 5) is 34.7. The normalized spacial score (nSPS) is 12.5. The van der Waals surface area contributed by atoms with Crippen molar-refractivity contribution >= 4 is 29.6 Å². The van der Waals surface area contributed by atoms with E-state index in [0.717, 1.165) is 0 Å². The number of carboxylic acids is 1. The molecule has 1 aromatic carbocycles. The summed E-state index contributed by atoms with van der Waals surface area (Å²) in [6.07, 6.45) is -1.12. The number of carboxylic acid groups (broad SMARTS) is 1. The van der Waals surface area contributed by atoms with Crippen molar-refractivity contribution in [2.75, 3.05) is 0 Å². The van der Waals surface area contributed by atoms with E-state index in [9.17, 15) is 19.5 Å². The number of rotatable bonds is 10. The molecule has 1 N–H and O–H groups in total. The Morgan fingerprint density at radius 3 is 2.21 bits per heavy atom. The van der Waals surface area contributed by atoms with Crippen molar-refractivity contribution in [2.45, 2.75) is 58.8 Å². The zero-order valence-electron chi connectivity index (χ0n) is 16.7. The molecule has 2 unspecified atom stereocenters. The molecule has 1 rings (SSSR count). The van der Waals surface area contributed by atoms with Crippen LogP contribution in [0.25, 0.3) is 0 Å². The zero-order chi connectivity index (χ0) is 20.4. The standard InChI is InChI=1S/C19H26ClNO6.Na/c1-4-5-17(24)26-18(12(2)3)27-19(25)21-15(10-11-16(22)23)13-6-8-14(20)9-7-13;/h6-9,12,15,18H,4-5,10-11H2,1-3H3,(H,21,25)(H,22,23);/q;+1/p-1. The van der Waals surface area contributed by atoms with E-state index in [0.29, 0.717) is 17.0 Å². The molecule has 0 bridgehead atoms. The predicted molar refractivity (Wildman–Crippen MR) is 97.7 cm³/mol. The third-order valence-electron chi connectivity index (χ3n) is 3.67. The number of hydrogen-bond acceptors (Lipinski definition) is 6. The Balaban J connectivity index is 0.00000729. The van der Waals surface area contributed by atoms with E-state index in [1.54, 1.807) is 38.1 Å². The van der Waals surface area contributed by atoms with Crippen LogP contribution in [0.5, 0.6) is 0 Å². The third-order valence-corrected chi connectivity index (χ3v) is 3.92. The van der Waals surface area contributed by atoms with Gasteiger partial charge in [-0.3, -0.25) is 4.79 Å². The van der Waals surface area contributed by atoms with Gasteiger partial charge in [0, 0.05) is 23.3 Å². The first-order chi connectivity index (χ1) is 12.7. The monoisotopic (exact) mass is 421 g/mol. The van der Waals surface area contributed by atoms with Crippen LogP contribution in [0.15, 0.2) is 24.3 Å². The van der Waals surface area contributed by atoms with Crippen LogP contribution in [0.1, 0.15) is 58.1 Å². The fourth-order valence-corrected chi connectivity index (χ4v) is 2.38. The molecular formula is C19H25ClNNaO6. The number of esters is 1. The van der Waals surface area contributed by atoms with Gasteiger partial charge >= 0.3 is 41.6 Å². The molecule has 0 aliphatic rings. The van der Waals surface area contributed by atoms with E-state index in [2.05, 4.69) is 5.32 Å². The maximum Gasteiger partial charge on any atom is 1.00 e. The fraction of sp³-hybridized carbons (Fsp3) is 0.526. The number of amides is 1. The minimum absolute atomic E-state index is 0. The second-order valence-corrected chi connectivity index (χ2v) is 6.85. The average molecular weight is 422 g/mol. The van der Waals surface area contributed by atoms with Crippen molar-refractivity contribution in [1.29, 1.82) is 0 Å². The first-order valence-electron chi connectivity index (χ1n) is 8.84. The SMILES string of the molecule is CCCC(=O)OC(OC(=O)NC(CCC(=O)[O-])c1ccc(Cl)cc1)C(C)C.[Na+]. The van der Waals surface area contributed by atoms with Gasteiger partial charge in [-0.1, -0.05) is 44.5 Å². The summed E-state index contributed by atoms with van der Waals surface area (Å²) >= 11 is 5.86. The quantitative estimate of drug-likeness (QED) is 0.323. The topological polar surface area (TPSA) is 105 Å². The van der Waals surface area contributed by atoms with Gasteiger partial charge in [0.15, 0.2) is 0 Å². The summed E-state index contributed by atoms with van der Waals surface area (Å²) in [7, 11) is 0. The van der Waals surface area contributed by atoms with Crippen LogP contribution in [0.4, 0.5) is 4.79 Å². The molecule has 0 aliphatic carbocycles. The first kappa shape index (κ1) is 26.7. The van der Waals surface area contributed by atoms with Gasteiger partial charge in [0.2, 0.25) is 0 Å². The van der Waals surface area contributed by atoms with Crippen LogP contribution in [-0.4, -0.2) is 24.3 Å². The number of carbonyl (C=O) groups is 3. The van der Waals surface area contributed by atoms with Crippen LogP contribution in [0.3, 0.4) is 0 Å². The Kier molecular flexibility index (Phi) is 13.2. The molecule has 0 aliphatic heterocycles. The summed E-state index contributed by atoms with van der Waals surface area (Å²) in [6, 6.07) is 6.03. The summed E-state index contributed by atoms with van der Waals surface area (Å²) in [5.74, 6) is -1.92. The minimum atomic E-state index is -1.22. The first-order valence-corrected chi connectivity index (χ1v) is 9.22. The predicted octanol–water partition coefficient (Wildman–Crippen LogP) is -0.0332. The molecule has 0 saturated heterocycles. The Morgan fingerprint density at radius 2 is 1.71 bits per heavy atom. The zero-order valence-corrected chi connectivity index (χ0v) is 19.5. The minimum Gasteiger partial charge on any atom is -0.550 e. The van der Waals surface area contributed by atoms with Crippen molar-refractivity contribution in [3.8, 4) is 0 Å². The van der Waals surface area contributed by atoms with Crippen LogP contribution in [0, 0.1) is 5.92 Å². The second-order valence-electron chi connectivity index (χ2n) is 6.42. The smallest absolute Gasteiger partial charge is 0.550 e. The summed E-state index contributed by atoms with van der Waals surface area (Å²) in [5, 5.41) is 13.9. The largest absolute Gasteiger partial charge is 1.00 e. The van der Waals surface area contributed by atoms with Gasteiger partial charge in [0.05, 0.1) is 6.04 Å². The number of carbonyl (C=O) groups excluding carboxylic acids is 3. The van der Waals surface area contributed by atoms with Crippen molar-refractivity contribution in [3.63, 3.8) is 0 Å². The maximum absolute atomic E-state index is 12.3. The number of alkyl carbamates (subject to hydrolysis) is 1. The number of hydrogen-bond donors (Lipinski definition) is 1. The van der Waals surface area contributed by atoms with Crippen LogP contribution < -0.4 is 40.0 Å². The Hall–Kier alpha value is -1.28. The van der Waals surface area contributed by atoms with E-state index in [4.69, 9.17) is 21.1 Å². The van der Waals surface area contributed by atoms with E-state index < -0.39 is 30.4 Å². The molecule has 0 saturated carbocycles. The van der Waals surface area contributed by atoms with Gasteiger partial charge in [0.25, 0.3) is 6.29 Å². The summed E-state index contributed by atoms with van der Waals surface area (Å²) in [5.41, 5.74) is 0.668. The number of ether oxygens (including phenoxy) is 2. The molecule has 1 amide bonds. The summed E-state index contributed by atoms with van der Waals surface area (Å²) < 4.78 is 10.4. The molecule has 9 heteroatoms. The summed E-state index contributed by atoms with van der Waals surface area (Å²) in [6.45, 7) is 5.35. The molecule has 0 fully saturated rings. The molecule has 1 aromatic rings. The van der Waals surface area contributed by atoms with Gasteiger partial charge in [-0.15, -0.1) is 0 Å². The van der Waals surface area contributed by atoms with Gasteiger partial charge in [-0.25, -0.2) is 4.79 Å². The van der Waals surface area contributed by atoms with Crippen LogP contribution >= 0.6 is 11.6 Å².